The lowest BCUT2D eigenvalue weighted by Crippen LogP contribution is -2.27. The summed E-state index contributed by atoms with van der Waals surface area (Å²) in [6, 6.07) is 3.57. The first-order valence-electron chi connectivity index (χ1n) is 7.41. The average Bonchev–Trinajstić information content (AvgIpc) is 2.35. The molecule has 0 aliphatic heterocycles. The average molecular weight is 306 g/mol. The summed E-state index contributed by atoms with van der Waals surface area (Å²) in [5.74, 6) is -0.445. The fourth-order valence-electron chi connectivity index (χ4n) is 2.19. The van der Waals surface area contributed by atoms with Gasteiger partial charge in [0.1, 0.15) is 12.0 Å². The Morgan fingerprint density at radius 2 is 1.50 bits per heavy atom. The molecule has 0 heterocycles. The number of carboxylic acids is 1. The van der Waals surface area contributed by atoms with E-state index >= 15 is 0 Å². The normalized spacial score (nSPS) is 13.6. The van der Waals surface area contributed by atoms with Gasteiger partial charge in [0.25, 0.3) is 0 Å². The second-order valence-electron chi connectivity index (χ2n) is 7.66. The van der Waals surface area contributed by atoms with E-state index in [1.807, 2.05) is 41.5 Å². The number of ether oxygens (including phenoxy) is 1. The molecule has 122 valence electrons. The maximum absolute atomic E-state index is 11.3. The van der Waals surface area contributed by atoms with Crippen LogP contribution in [0, 0.1) is 0 Å². The number of aldehydes is 1. The maximum Gasteiger partial charge on any atom is 0.344 e. The lowest BCUT2D eigenvalue weighted by molar-refractivity contribution is -0.144. The van der Waals surface area contributed by atoms with Crippen LogP contribution in [-0.2, 0) is 15.6 Å². The zero-order chi connectivity index (χ0) is 17.3. The van der Waals surface area contributed by atoms with Crippen LogP contribution in [0.15, 0.2) is 12.1 Å². The van der Waals surface area contributed by atoms with E-state index in [1.54, 1.807) is 12.1 Å². The highest BCUT2D eigenvalue weighted by Crippen LogP contribution is 2.41. The molecule has 0 radical (unpaired) electrons. The molecule has 1 aromatic carbocycles. The zero-order valence-electron chi connectivity index (χ0n) is 14.5. The first kappa shape index (κ1) is 18.2. The van der Waals surface area contributed by atoms with E-state index < -0.39 is 12.1 Å². The molecule has 4 heteroatoms. The molecule has 1 rings (SSSR count). The molecular weight excluding hydrogens is 280 g/mol. The van der Waals surface area contributed by atoms with Crippen molar-refractivity contribution in [3.63, 3.8) is 0 Å². The van der Waals surface area contributed by atoms with Gasteiger partial charge >= 0.3 is 5.97 Å². The molecule has 22 heavy (non-hydrogen) atoms. The topological polar surface area (TPSA) is 63.6 Å². The minimum atomic E-state index is -1.01. The molecule has 1 N–H and O–H groups in total. The van der Waals surface area contributed by atoms with Crippen molar-refractivity contribution in [2.45, 2.75) is 65.4 Å². The fraction of sp³-hybridized carbons (Fsp3) is 0.556. The predicted octanol–water partition coefficient (Wildman–Crippen LogP) is 3.95. The molecule has 1 aromatic rings. The molecule has 1 unspecified atom stereocenters. The molecule has 0 saturated heterocycles. The summed E-state index contributed by atoms with van der Waals surface area (Å²) in [6.07, 6.45) is -0.140. The second-order valence-corrected chi connectivity index (χ2v) is 7.66. The van der Waals surface area contributed by atoms with Crippen molar-refractivity contribution in [2.75, 3.05) is 0 Å². The molecule has 0 amide bonds. The minimum Gasteiger partial charge on any atom is -0.479 e. The third-order valence-electron chi connectivity index (χ3n) is 3.51. The Bertz CT molecular complexity index is 539. The summed E-state index contributed by atoms with van der Waals surface area (Å²) in [7, 11) is 0. The monoisotopic (exact) mass is 306 g/mol. The van der Waals surface area contributed by atoms with Gasteiger partial charge in [0.05, 0.1) is 0 Å². The van der Waals surface area contributed by atoms with Crippen molar-refractivity contribution in [1.29, 1.82) is 0 Å². The van der Waals surface area contributed by atoms with E-state index in [9.17, 15) is 9.59 Å². The van der Waals surface area contributed by atoms with E-state index in [0.29, 0.717) is 11.3 Å². The van der Waals surface area contributed by atoms with Crippen molar-refractivity contribution in [3.05, 3.63) is 28.8 Å². The highest BCUT2D eigenvalue weighted by atomic mass is 16.5. The Kier molecular flexibility index (Phi) is 5.06. The lowest BCUT2D eigenvalue weighted by atomic mass is 9.78. The van der Waals surface area contributed by atoms with Crippen LogP contribution >= 0.6 is 0 Å². The fourth-order valence-corrected chi connectivity index (χ4v) is 2.19. The number of carbonyl (C=O) groups is 2. The molecule has 0 aliphatic carbocycles. The first-order chi connectivity index (χ1) is 9.87. The van der Waals surface area contributed by atoms with E-state index in [2.05, 4.69) is 0 Å². The Labute approximate surface area is 132 Å². The van der Waals surface area contributed by atoms with Gasteiger partial charge in [0.2, 0.25) is 0 Å². The molecule has 0 spiro atoms. The van der Waals surface area contributed by atoms with Gasteiger partial charge in [-0.05, 0) is 29.9 Å². The number of hydrogen-bond acceptors (Lipinski definition) is 3. The van der Waals surface area contributed by atoms with E-state index in [-0.39, 0.29) is 10.8 Å². The maximum atomic E-state index is 11.3. The third kappa shape index (κ3) is 4.09. The number of rotatable bonds is 4. The van der Waals surface area contributed by atoms with Crippen molar-refractivity contribution in [3.8, 4) is 5.75 Å². The Balaban J connectivity index is 3.66. The molecule has 0 aliphatic rings. The van der Waals surface area contributed by atoms with Crippen molar-refractivity contribution < 1.29 is 19.4 Å². The van der Waals surface area contributed by atoms with Gasteiger partial charge in [0.15, 0.2) is 6.10 Å². The number of carbonyl (C=O) groups excluding carboxylic acids is 1. The van der Waals surface area contributed by atoms with Crippen molar-refractivity contribution in [1.82, 2.24) is 0 Å². The van der Waals surface area contributed by atoms with E-state index in [1.165, 1.54) is 6.92 Å². The van der Waals surface area contributed by atoms with Crippen LogP contribution in [0.2, 0.25) is 0 Å². The molecule has 0 bridgehead atoms. The predicted molar refractivity (Wildman–Crippen MR) is 87.0 cm³/mol. The summed E-state index contributed by atoms with van der Waals surface area (Å²) in [4.78, 5) is 22.4. The Morgan fingerprint density at radius 1 is 1.09 bits per heavy atom. The van der Waals surface area contributed by atoms with E-state index in [0.717, 1.165) is 17.4 Å². The van der Waals surface area contributed by atoms with Gasteiger partial charge in [-0.2, -0.15) is 0 Å². The molecular formula is C18H26O4. The quantitative estimate of drug-likeness (QED) is 0.856. The largest absolute Gasteiger partial charge is 0.479 e. The smallest absolute Gasteiger partial charge is 0.344 e. The van der Waals surface area contributed by atoms with Crippen molar-refractivity contribution >= 4 is 12.3 Å². The van der Waals surface area contributed by atoms with Gasteiger partial charge in [-0.1, -0.05) is 41.5 Å². The lowest BCUT2D eigenvalue weighted by Gasteiger charge is -2.31. The van der Waals surface area contributed by atoms with Crippen LogP contribution in [0.3, 0.4) is 0 Å². The van der Waals surface area contributed by atoms with Gasteiger partial charge < -0.3 is 9.84 Å². The van der Waals surface area contributed by atoms with Crippen LogP contribution in [-0.4, -0.2) is 23.5 Å². The number of aliphatic carboxylic acids is 1. The molecule has 4 nitrogen and oxygen atoms in total. The Hall–Kier alpha value is -1.84. The van der Waals surface area contributed by atoms with Gasteiger partial charge in [-0.15, -0.1) is 0 Å². The molecule has 0 saturated carbocycles. The molecule has 1 atom stereocenters. The number of hydrogen-bond donors (Lipinski definition) is 1. The number of carboxylic acid groups (broad SMARTS) is 1. The molecule has 0 aromatic heterocycles. The standard InChI is InChI=1S/C18H26O4/c1-11(16(20)21)22-15-13(17(2,3)4)8-12(10-19)9-14(15)18(5,6)7/h8-11H,1-7H3,(H,20,21). The summed E-state index contributed by atoms with van der Waals surface area (Å²) in [5.41, 5.74) is 1.72. The van der Waals surface area contributed by atoms with Crippen LogP contribution in [0.1, 0.15) is 70.0 Å². The number of benzene rings is 1. The van der Waals surface area contributed by atoms with Gasteiger partial charge in [-0.3, -0.25) is 4.79 Å². The van der Waals surface area contributed by atoms with Crippen molar-refractivity contribution in [2.24, 2.45) is 0 Å². The molecule has 0 fully saturated rings. The zero-order valence-corrected chi connectivity index (χ0v) is 14.5. The van der Waals surface area contributed by atoms with E-state index in [4.69, 9.17) is 9.84 Å². The minimum absolute atomic E-state index is 0.271. The summed E-state index contributed by atoms with van der Waals surface area (Å²) in [6.45, 7) is 13.6. The van der Waals surface area contributed by atoms with Gasteiger partial charge in [0, 0.05) is 16.7 Å². The van der Waals surface area contributed by atoms with Crippen LogP contribution in [0.5, 0.6) is 5.75 Å². The second kappa shape index (κ2) is 6.11. The van der Waals surface area contributed by atoms with Crippen LogP contribution in [0.25, 0.3) is 0 Å². The van der Waals surface area contributed by atoms with Crippen LogP contribution < -0.4 is 4.74 Å². The highest BCUT2D eigenvalue weighted by molar-refractivity contribution is 5.78. The highest BCUT2D eigenvalue weighted by Gasteiger charge is 2.29. The SMILES string of the molecule is CC(Oc1c(C(C)(C)C)cc(C=O)cc1C(C)(C)C)C(=O)O. The summed E-state index contributed by atoms with van der Waals surface area (Å²) >= 11 is 0. The summed E-state index contributed by atoms with van der Waals surface area (Å²) < 4.78 is 5.78. The third-order valence-corrected chi connectivity index (χ3v) is 3.51. The first-order valence-corrected chi connectivity index (χ1v) is 7.41. The van der Waals surface area contributed by atoms with Gasteiger partial charge in [-0.25, -0.2) is 4.79 Å². The Morgan fingerprint density at radius 3 is 1.77 bits per heavy atom. The van der Waals surface area contributed by atoms with Crippen LogP contribution in [0.4, 0.5) is 0 Å². The summed E-state index contributed by atoms with van der Waals surface area (Å²) in [5, 5.41) is 9.15.